The predicted octanol–water partition coefficient (Wildman–Crippen LogP) is 1.87. The number of ether oxygens (including phenoxy) is 1. The van der Waals surface area contributed by atoms with Crippen molar-refractivity contribution in [1.82, 2.24) is 4.90 Å². The van der Waals surface area contributed by atoms with E-state index in [-0.39, 0.29) is 0 Å². The molecule has 3 heterocycles. The normalized spacial score (nSPS) is 27.8. The molecule has 0 radical (unpaired) electrons. The molecule has 3 aliphatic rings. The summed E-state index contributed by atoms with van der Waals surface area (Å²) in [4.78, 5) is 15.3. The van der Waals surface area contributed by atoms with Gasteiger partial charge in [-0.2, -0.15) is 0 Å². The average Bonchev–Trinajstić information content (AvgIpc) is 2.63. The van der Waals surface area contributed by atoms with Gasteiger partial charge >= 0.3 is 6.09 Å². The molecule has 0 saturated carbocycles. The number of likely N-dealkylation sites (tertiary alicyclic amines) is 1. The predicted molar refractivity (Wildman–Crippen MR) is 74.2 cm³/mol. The Kier molecular flexibility index (Phi) is 2.63. The molecule has 3 aliphatic heterocycles. The molecule has 0 bridgehead atoms. The molecule has 20 heavy (non-hydrogen) atoms. The fraction of sp³-hybridized carbons (Fsp3) is 0.533. The first-order valence-electron chi connectivity index (χ1n) is 7.20. The maximum Gasteiger partial charge on any atom is 0.407 e. The SMILES string of the molecule is O=C(O)N1CC[C@@H]2[C@H](C1)c1cccc3c1N2CCOC3. The summed E-state index contributed by atoms with van der Waals surface area (Å²) < 4.78 is 5.67. The summed E-state index contributed by atoms with van der Waals surface area (Å²) in [6.07, 6.45) is 0.112. The van der Waals surface area contributed by atoms with Gasteiger partial charge in [-0.3, -0.25) is 0 Å². The summed E-state index contributed by atoms with van der Waals surface area (Å²) in [7, 11) is 0. The lowest BCUT2D eigenvalue weighted by Crippen LogP contribution is -2.48. The van der Waals surface area contributed by atoms with Crippen LogP contribution in [0.5, 0.6) is 0 Å². The summed E-state index contributed by atoms with van der Waals surface area (Å²) >= 11 is 0. The van der Waals surface area contributed by atoms with E-state index in [1.54, 1.807) is 4.90 Å². The molecule has 0 unspecified atom stereocenters. The van der Waals surface area contributed by atoms with E-state index in [9.17, 15) is 9.90 Å². The Balaban J connectivity index is 1.77. The molecule has 4 rings (SSSR count). The van der Waals surface area contributed by atoms with Crippen molar-refractivity contribution < 1.29 is 14.6 Å². The van der Waals surface area contributed by atoms with Crippen LogP contribution < -0.4 is 4.90 Å². The smallest absolute Gasteiger partial charge is 0.407 e. The van der Waals surface area contributed by atoms with Crippen molar-refractivity contribution >= 4 is 11.8 Å². The van der Waals surface area contributed by atoms with Gasteiger partial charge in [0.15, 0.2) is 0 Å². The Labute approximate surface area is 117 Å². The van der Waals surface area contributed by atoms with Crippen molar-refractivity contribution in [2.75, 3.05) is 31.1 Å². The van der Waals surface area contributed by atoms with E-state index in [1.165, 1.54) is 16.8 Å². The van der Waals surface area contributed by atoms with Gasteiger partial charge in [0.2, 0.25) is 0 Å². The van der Waals surface area contributed by atoms with Gasteiger partial charge in [0.05, 0.1) is 13.2 Å². The molecular weight excluding hydrogens is 256 g/mol. The summed E-state index contributed by atoms with van der Waals surface area (Å²) in [5, 5.41) is 9.23. The van der Waals surface area contributed by atoms with Crippen LogP contribution in [-0.2, 0) is 11.3 Å². The second kappa shape index (κ2) is 4.38. The number of carbonyl (C=O) groups is 1. The van der Waals surface area contributed by atoms with E-state index in [2.05, 4.69) is 23.1 Å². The van der Waals surface area contributed by atoms with Crippen LogP contribution >= 0.6 is 0 Å². The third kappa shape index (κ3) is 1.62. The number of rotatable bonds is 0. The molecule has 1 N–H and O–H groups in total. The average molecular weight is 274 g/mol. The van der Waals surface area contributed by atoms with Gasteiger partial charge < -0.3 is 19.6 Å². The third-order valence-electron chi connectivity index (χ3n) is 4.82. The highest BCUT2D eigenvalue weighted by Crippen LogP contribution is 2.47. The zero-order valence-electron chi connectivity index (χ0n) is 11.3. The maximum absolute atomic E-state index is 11.2. The Morgan fingerprint density at radius 2 is 2.25 bits per heavy atom. The first-order chi connectivity index (χ1) is 9.75. The molecular formula is C15H18N2O3. The Hall–Kier alpha value is -1.75. The van der Waals surface area contributed by atoms with Crippen LogP contribution in [0.4, 0.5) is 10.5 Å². The number of hydrogen-bond acceptors (Lipinski definition) is 3. The van der Waals surface area contributed by atoms with E-state index in [1.807, 2.05) is 0 Å². The Morgan fingerprint density at radius 3 is 3.10 bits per heavy atom. The molecule has 106 valence electrons. The number of piperidine rings is 1. The van der Waals surface area contributed by atoms with Crippen molar-refractivity contribution in [2.45, 2.75) is 25.0 Å². The molecule has 0 spiro atoms. The molecule has 5 heteroatoms. The number of amides is 1. The second-order valence-electron chi connectivity index (χ2n) is 5.79. The van der Waals surface area contributed by atoms with Crippen LogP contribution in [0.1, 0.15) is 23.5 Å². The number of hydrogen-bond donors (Lipinski definition) is 1. The lowest BCUT2D eigenvalue weighted by molar-refractivity contribution is 0.120. The summed E-state index contributed by atoms with van der Waals surface area (Å²) in [5.74, 6) is 0.313. The number of anilines is 1. The van der Waals surface area contributed by atoms with Crippen LogP contribution in [0.15, 0.2) is 18.2 Å². The molecule has 1 saturated heterocycles. The first kappa shape index (κ1) is 12.0. The van der Waals surface area contributed by atoms with E-state index in [4.69, 9.17) is 4.74 Å². The number of carboxylic acid groups (broad SMARTS) is 1. The lowest BCUT2D eigenvalue weighted by atomic mass is 9.89. The molecule has 1 aromatic carbocycles. The monoisotopic (exact) mass is 274 g/mol. The topological polar surface area (TPSA) is 53.0 Å². The largest absolute Gasteiger partial charge is 0.465 e. The van der Waals surface area contributed by atoms with Gasteiger partial charge in [-0.05, 0) is 12.0 Å². The second-order valence-corrected chi connectivity index (χ2v) is 5.79. The van der Waals surface area contributed by atoms with Crippen molar-refractivity contribution in [1.29, 1.82) is 0 Å². The molecule has 0 aromatic heterocycles. The van der Waals surface area contributed by atoms with Gasteiger partial charge in [0.1, 0.15) is 0 Å². The number of para-hydroxylation sites is 1. The number of fused-ring (bicyclic) bond motifs is 3. The van der Waals surface area contributed by atoms with Gasteiger partial charge in [-0.25, -0.2) is 4.79 Å². The van der Waals surface area contributed by atoms with Crippen molar-refractivity contribution in [2.24, 2.45) is 0 Å². The summed E-state index contributed by atoms with van der Waals surface area (Å²) in [5.41, 5.74) is 3.87. The van der Waals surface area contributed by atoms with Crippen LogP contribution in [0.2, 0.25) is 0 Å². The molecule has 2 atom stereocenters. The maximum atomic E-state index is 11.2. The van der Waals surface area contributed by atoms with Crippen molar-refractivity contribution in [3.05, 3.63) is 29.3 Å². The number of benzene rings is 1. The molecule has 0 aliphatic carbocycles. The van der Waals surface area contributed by atoms with Crippen molar-refractivity contribution in [3.63, 3.8) is 0 Å². The third-order valence-corrected chi connectivity index (χ3v) is 4.82. The minimum Gasteiger partial charge on any atom is -0.465 e. The zero-order valence-corrected chi connectivity index (χ0v) is 11.3. The van der Waals surface area contributed by atoms with Gasteiger partial charge in [-0.15, -0.1) is 0 Å². The van der Waals surface area contributed by atoms with Crippen LogP contribution in [-0.4, -0.2) is 48.4 Å². The highest BCUT2D eigenvalue weighted by Gasteiger charge is 2.44. The summed E-state index contributed by atoms with van der Waals surface area (Å²) in [6.45, 7) is 3.59. The van der Waals surface area contributed by atoms with Gasteiger partial charge in [-0.1, -0.05) is 18.2 Å². The minimum absolute atomic E-state index is 0.313. The zero-order chi connectivity index (χ0) is 13.7. The van der Waals surface area contributed by atoms with Gasteiger partial charge in [0, 0.05) is 42.8 Å². The van der Waals surface area contributed by atoms with Crippen LogP contribution in [0, 0.1) is 0 Å². The minimum atomic E-state index is -0.796. The van der Waals surface area contributed by atoms with Crippen LogP contribution in [0.3, 0.4) is 0 Å². The molecule has 1 fully saturated rings. The first-order valence-corrected chi connectivity index (χ1v) is 7.20. The van der Waals surface area contributed by atoms with Crippen molar-refractivity contribution in [3.8, 4) is 0 Å². The Bertz CT molecular complexity index is 560. The van der Waals surface area contributed by atoms with E-state index < -0.39 is 6.09 Å². The van der Waals surface area contributed by atoms with E-state index in [0.29, 0.717) is 31.7 Å². The molecule has 1 amide bonds. The lowest BCUT2D eigenvalue weighted by Gasteiger charge is -2.37. The molecule has 1 aromatic rings. The standard InChI is InChI=1S/C15H18N2O3/c18-15(19)16-5-4-13-12(8-16)11-3-1-2-10-9-20-7-6-17(13)14(10)11/h1-3,12-13H,4-9H2,(H,18,19)/t12-,13-/m1/s1. The van der Waals surface area contributed by atoms with Crippen LogP contribution in [0.25, 0.3) is 0 Å². The molecule has 5 nitrogen and oxygen atoms in total. The fourth-order valence-corrected chi connectivity index (χ4v) is 3.96. The summed E-state index contributed by atoms with van der Waals surface area (Å²) in [6, 6.07) is 6.79. The fourth-order valence-electron chi connectivity index (χ4n) is 3.96. The highest BCUT2D eigenvalue weighted by molar-refractivity contribution is 5.69. The van der Waals surface area contributed by atoms with E-state index in [0.717, 1.165) is 19.6 Å². The number of nitrogens with zero attached hydrogens (tertiary/aromatic N) is 2. The quantitative estimate of drug-likeness (QED) is 0.784. The van der Waals surface area contributed by atoms with Gasteiger partial charge in [0.25, 0.3) is 0 Å². The van der Waals surface area contributed by atoms with E-state index >= 15 is 0 Å². The Morgan fingerprint density at radius 1 is 1.35 bits per heavy atom. The highest BCUT2D eigenvalue weighted by atomic mass is 16.5.